The lowest BCUT2D eigenvalue weighted by Gasteiger charge is -2.39. The van der Waals surface area contributed by atoms with Gasteiger partial charge in [-0.25, -0.2) is 0 Å². The molecule has 1 amide bonds. The van der Waals surface area contributed by atoms with Crippen LogP contribution in [0, 0.1) is 13.8 Å². The minimum absolute atomic E-state index is 0.229. The molecule has 3 aromatic carbocycles. The minimum Gasteiger partial charge on any atom is -0.292 e. The van der Waals surface area contributed by atoms with Gasteiger partial charge in [-0.2, -0.15) is 0 Å². The highest BCUT2D eigenvalue weighted by atomic mass is 32.2. The van der Waals surface area contributed by atoms with Crippen LogP contribution in [0.1, 0.15) is 41.5 Å². The van der Waals surface area contributed by atoms with Gasteiger partial charge in [0.25, 0.3) is 0 Å². The van der Waals surface area contributed by atoms with Crippen LogP contribution in [0.25, 0.3) is 10.8 Å². The maximum Gasteiger partial charge on any atom is 0.238 e. The molecule has 0 saturated carbocycles. The van der Waals surface area contributed by atoms with Gasteiger partial charge in [-0.05, 0) is 73.2 Å². The van der Waals surface area contributed by atoms with E-state index in [2.05, 4.69) is 73.3 Å². The van der Waals surface area contributed by atoms with Gasteiger partial charge in [0.2, 0.25) is 5.91 Å². The first-order chi connectivity index (χ1) is 13.6. The van der Waals surface area contributed by atoms with Crippen LogP contribution in [-0.4, -0.2) is 11.7 Å². The normalized spacial score (nSPS) is 21.9. The van der Waals surface area contributed by atoms with Crippen molar-refractivity contribution >= 4 is 34.1 Å². The fourth-order valence-electron chi connectivity index (χ4n) is 4.89. The second-order valence-electron chi connectivity index (χ2n) is 8.10. The number of hydrogen-bond donors (Lipinski definition) is 0. The molecule has 0 aromatic heterocycles. The number of carbonyl (C=O) groups is 1. The van der Waals surface area contributed by atoms with Crippen LogP contribution in [-0.2, 0) is 16.1 Å². The van der Waals surface area contributed by atoms with Crippen molar-refractivity contribution in [2.45, 2.75) is 44.4 Å². The quantitative estimate of drug-likeness (QED) is 0.502. The predicted molar refractivity (Wildman–Crippen MR) is 119 cm³/mol. The van der Waals surface area contributed by atoms with Gasteiger partial charge in [-0.15, -0.1) is 11.8 Å². The van der Waals surface area contributed by atoms with Crippen molar-refractivity contribution in [1.29, 1.82) is 0 Å². The molecule has 3 aromatic rings. The monoisotopic (exact) mass is 387 g/mol. The number of amides is 1. The van der Waals surface area contributed by atoms with E-state index in [4.69, 9.17) is 0 Å². The van der Waals surface area contributed by atoms with E-state index in [0.29, 0.717) is 5.75 Å². The van der Waals surface area contributed by atoms with Crippen molar-refractivity contribution in [3.05, 3.63) is 76.9 Å². The van der Waals surface area contributed by atoms with Crippen LogP contribution in [0.3, 0.4) is 0 Å². The third kappa shape index (κ3) is 2.60. The van der Waals surface area contributed by atoms with E-state index in [1.54, 1.807) is 0 Å². The fourth-order valence-corrected chi connectivity index (χ4v) is 6.34. The summed E-state index contributed by atoms with van der Waals surface area (Å²) in [6, 6.07) is 19.5. The average Bonchev–Trinajstić information content (AvgIpc) is 2.93. The molecular weight excluding hydrogens is 362 g/mol. The zero-order valence-electron chi connectivity index (χ0n) is 16.5. The Morgan fingerprint density at radius 3 is 2.64 bits per heavy atom. The topological polar surface area (TPSA) is 20.3 Å². The summed E-state index contributed by atoms with van der Waals surface area (Å²) < 4.78 is 0. The van der Waals surface area contributed by atoms with E-state index in [9.17, 15) is 4.79 Å². The molecular formula is C25H25NOS. The van der Waals surface area contributed by atoms with E-state index in [1.165, 1.54) is 34.1 Å². The number of benzene rings is 3. The smallest absolute Gasteiger partial charge is 0.238 e. The molecule has 1 spiro atoms. The summed E-state index contributed by atoms with van der Waals surface area (Å²) in [5.74, 6) is 0.780. The minimum atomic E-state index is -0.286. The van der Waals surface area contributed by atoms with Crippen molar-refractivity contribution in [3.8, 4) is 0 Å². The molecule has 1 heterocycles. The van der Waals surface area contributed by atoms with Gasteiger partial charge in [0.1, 0.15) is 4.87 Å². The highest BCUT2D eigenvalue weighted by molar-refractivity contribution is 8.01. The molecule has 1 atom stereocenters. The summed E-state index contributed by atoms with van der Waals surface area (Å²) >= 11 is 1.83. The molecule has 1 unspecified atom stereocenters. The number of aryl methyl sites for hydroxylation is 3. The highest BCUT2D eigenvalue weighted by Crippen LogP contribution is 2.54. The second-order valence-corrected chi connectivity index (χ2v) is 9.35. The molecule has 142 valence electrons. The molecule has 2 nitrogen and oxygen atoms in total. The van der Waals surface area contributed by atoms with E-state index in [0.717, 1.165) is 30.3 Å². The van der Waals surface area contributed by atoms with Crippen LogP contribution in [0.15, 0.2) is 54.6 Å². The summed E-state index contributed by atoms with van der Waals surface area (Å²) in [7, 11) is 0. The molecule has 1 aliphatic carbocycles. The summed E-state index contributed by atoms with van der Waals surface area (Å²) in [5.41, 5.74) is 6.50. The van der Waals surface area contributed by atoms with Crippen molar-refractivity contribution in [2.75, 3.05) is 10.7 Å². The Balaban J connectivity index is 1.77. The lowest BCUT2D eigenvalue weighted by molar-refractivity contribution is -0.116. The molecule has 3 heteroatoms. The van der Waals surface area contributed by atoms with Gasteiger partial charge < -0.3 is 0 Å². The standard InChI is InChI=1S/C25H25NOS/c1-17-14-20-9-5-6-13-25(22(20)15-18(17)2)26(24(27)16-28-25)23-12-7-10-19-8-3-4-11-21(19)23/h3-4,7-8,10-12,14-15H,5-6,9,13,16H2,1-2H3. The third-order valence-corrected chi connectivity index (χ3v) is 7.88. The Hall–Kier alpha value is -2.26. The summed E-state index contributed by atoms with van der Waals surface area (Å²) in [6.07, 6.45) is 4.46. The first kappa shape index (κ1) is 17.8. The first-order valence-corrected chi connectivity index (χ1v) is 11.1. The maximum absolute atomic E-state index is 13.3. The third-order valence-electron chi connectivity index (χ3n) is 6.40. The predicted octanol–water partition coefficient (Wildman–Crippen LogP) is 6.12. The fraction of sp³-hybridized carbons (Fsp3) is 0.320. The molecule has 0 radical (unpaired) electrons. The number of fused-ring (bicyclic) bond motifs is 3. The lowest BCUT2D eigenvalue weighted by atomic mass is 9.92. The Morgan fingerprint density at radius 1 is 0.964 bits per heavy atom. The van der Waals surface area contributed by atoms with Gasteiger partial charge in [-0.3, -0.25) is 9.69 Å². The van der Waals surface area contributed by atoms with E-state index in [-0.39, 0.29) is 10.8 Å². The van der Waals surface area contributed by atoms with Crippen LogP contribution in [0.2, 0.25) is 0 Å². The number of anilines is 1. The number of rotatable bonds is 1. The van der Waals surface area contributed by atoms with Crippen LogP contribution in [0.5, 0.6) is 0 Å². The zero-order valence-corrected chi connectivity index (χ0v) is 17.3. The van der Waals surface area contributed by atoms with E-state index < -0.39 is 0 Å². The molecule has 0 bridgehead atoms. The number of thioether (sulfide) groups is 1. The Kier molecular flexibility index (Phi) is 4.24. The van der Waals surface area contributed by atoms with Gasteiger partial charge in [-0.1, -0.05) is 48.5 Å². The number of hydrogen-bond acceptors (Lipinski definition) is 2. The van der Waals surface area contributed by atoms with Crippen LogP contribution in [0.4, 0.5) is 5.69 Å². The summed E-state index contributed by atoms with van der Waals surface area (Å²) in [4.78, 5) is 15.1. The van der Waals surface area contributed by atoms with Crippen LogP contribution >= 0.6 is 11.8 Å². The molecule has 1 fully saturated rings. The number of nitrogens with zero attached hydrogens (tertiary/aromatic N) is 1. The second kappa shape index (κ2) is 6.66. The molecule has 1 aliphatic heterocycles. The summed E-state index contributed by atoms with van der Waals surface area (Å²) in [6.45, 7) is 4.39. The van der Waals surface area contributed by atoms with Gasteiger partial charge >= 0.3 is 0 Å². The molecule has 2 aliphatic rings. The lowest BCUT2D eigenvalue weighted by Crippen LogP contribution is -2.42. The van der Waals surface area contributed by atoms with Crippen LogP contribution < -0.4 is 4.90 Å². The van der Waals surface area contributed by atoms with Gasteiger partial charge in [0.15, 0.2) is 0 Å². The SMILES string of the molecule is Cc1cc2c(cc1C)C1(CCCC2)SCC(=O)N1c1cccc2ccccc12. The Labute approximate surface area is 170 Å². The maximum atomic E-state index is 13.3. The van der Waals surface area contributed by atoms with Crippen molar-refractivity contribution in [3.63, 3.8) is 0 Å². The highest BCUT2D eigenvalue weighted by Gasteiger charge is 2.50. The van der Waals surface area contributed by atoms with Gasteiger partial charge in [0.05, 0.1) is 11.4 Å². The summed E-state index contributed by atoms with van der Waals surface area (Å²) in [5, 5.41) is 2.35. The van der Waals surface area contributed by atoms with Crippen molar-refractivity contribution < 1.29 is 4.79 Å². The van der Waals surface area contributed by atoms with Crippen molar-refractivity contribution in [2.24, 2.45) is 0 Å². The van der Waals surface area contributed by atoms with Crippen molar-refractivity contribution in [1.82, 2.24) is 0 Å². The zero-order chi connectivity index (χ0) is 19.3. The molecule has 28 heavy (non-hydrogen) atoms. The van der Waals surface area contributed by atoms with E-state index >= 15 is 0 Å². The molecule has 1 saturated heterocycles. The molecule has 0 N–H and O–H groups in total. The Bertz CT molecular complexity index is 1080. The van der Waals surface area contributed by atoms with E-state index in [1.807, 2.05) is 11.8 Å². The first-order valence-electron chi connectivity index (χ1n) is 10.2. The Morgan fingerprint density at radius 2 is 1.75 bits per heavy atom. The average molecular weight is 388 g/mol. The van der Waals surface area contributed by atoms with Gasteiger partial charge in [0, 0.05) is 5.39 Å². The number of carbonyl (C=O) groups excluding carboxylic acids is 1. The largest absolute Gasteiger partial charge is 0.292 e. The molecule has 5 rings (SSSR count).